The number of carbonyl (C=O) groups is 8. The number of Topliss-reactive ketones (excluding diaryl/α,β-unsaturated/α-hetero) is 1. The van der Waals surface area contributed by atoms with Crippen LogP contribution in [-0.2, 0) is 66.5 Å². The SMILES string of the molecule is CC(=O)O[C@@H](C(=O)O[C@H]1C[C@@]2(O)[C@@H](OC(=O)c3ccccc3)[C@@H]3[C@]4(OC(C)=O)CO[C@@H]4C[C@H](OC(=O)OCC(Cl)(Cl)Cl)[C@@]3(C)C(=O)[C@H](OC(=O)OCC(Cl)(Cl)Cl)C(=C1C)C2(C)C)[C@@H](NC(=O)OC(C)(C)C)c1ccccc1. The highest BCUT2D eigenvalue weighted by atomic mass is 35.6. The summed E-state index contributed by atoms with van der Waals surface area (Å²) in [6.45, 7) is 10.0. The molecular weight excluding hydrogens is 1140 g/mol. The van der Waals surface area contributed by atoms with Gasteiger partial charge in [0.25, 0.3) is 0 Å². The van der Waals surface area contributed by atoms with Gasteiger partial charge in [0.2, 0.25) is 13.7 Å². The maximum atomic E-state index is 16.4. The highest BCUT2D eigenvalue weighted by Gasteiger charge is 2.79. The molecule has 2 aromatic carbocycles. The first-order chi connectivity index (χ1) is 35.5. The first kappa shape index (κ1) is 61.4. The number of carbonyl (C=O) groups excluding carboxylic acids is 8. The van der Waals surface area contributed by atoms with Crippen LogP contribution in [0.25, 0.3) is 0 Å². The summed E-state index contributed by atoms with van der Waals surface area (Å²) in [4.78, 5) is 114. The molecule has 26 heteroatoms. The highest BCUT2D eigenvalue weighted by Crippen LogP contribution is 2.65. The molecule has 0 unspecified atom stereocenters. The van der Waals surface area contributed by atoms with Crippen molar-refractivity contribution in [1.82, 2.24) is 5.32 Å². The lowest BCUT2D eigenvalue weighted by molar-refractivity contribution is -0.346. The van der Waals surface area contributed by atoms with Gasteiger partial charge in [0.1, 0.15) is 54.9 Å². The minimum absolute atomic E-state index is 0.0661. The first-order valence-corrected chi connectivity index (χ1v) is 26.1. The largest absolute Gasteiger partial charge is 0.509 e. The Labute approximate surface area is 473 Å². The van der Waals surface area contributed by atoms with E-state index in [0.29, 0.717) is 0 Å². The van der Waals surface area contributed by atoms with E-state index in [1.54, 1.807) is 45.0 Å². The zero-order valence-electron chi connectivity index (χ0n) is 43.0. The van der Waals surface area contributed by atoms with Crippen LogP contribution in [0.2, 0.25) is 0 Å². The number of hydrogen-bond donors (Lipinski definition) is 2. The van der Waals surface area contributed by atoms with Gasteiger partial charge in [-0.15, -0.1) is 0 Å². The van der Waals surface area contributed by atoms with E-state index in [1.165, 1.54) is 64.1 Å². The van der Waals surface area contributed by atoms with Crippen molar-refractivity contribution in [2.45, 2.75) is 142 Å². The smallest absolute Gasteiger partial charge is 0.455 e. The number of nitrogens with one attached hydrogen (secondary N) is 1. The van der Waals surface area contributed by atoms with Gasteiger partial charge in [0, 0.05) is 32.1 Å². The van der Waals surface area contributed by atoms with Crippen molar-refractivity contribution in [1.29, 1.82) is 0 Å². The second-order valence-corrected chi connectivity index (χ2v) is 25.7. The second kappa shape index (κ2) is 23.1. The summed E-state index contributed by atoms with van der Waals surface area (Å²) in [5.74, 6) is -7.39. The number of esters is 4. The Bertz CT molecular complexity index is 2640. The van der Waals surface area contributed by atoms with Crippen LogP contribution in [0.4, 0.5) is 14.4 Å². The molecule has 2 saturated carbocycles. The molecular formula is C51H57Cl6NO19. The van der Waals surface area contributed by atoms with Gasteiger partial charge in [-0.2, -0.15) is 0 Å². The van der Waals surface area contributed by atoms with Crippen LogP contribution in [0.3, 0.4) is 0 Å². The number of halogens is 6. The molecule has 1 aliphatic heterocycles. The maximum absolute atomic E-state index is 16.4. The summed E-state index contributed by atoms with van der Waals surface area (Å²) in [5, 5.41) is 16.7. The molecule has 1 saturated heterocycles. The molecule has 3 aliphatic carbocycles. The van der Waals surface area contributed by atoms with Gasteiger partial charge >= 0.3 is 42.3 Å². The van der Waals surface area contributed by atoms with Crippen molar-refractivity contribution in [3.05, 3.63) is 82.9 Å². The fourth-order valence-corrected chi connectivity index (χ4v) is 11.0. The van der Waals surface area contributed by atoms with Gasteiger partial charge in [-0.3, -0.25) is 14.4 Å². The van der Waals surface area contributed by atoms with E-state index in [9.17, 15) is 33.9 Å². The third kappa shape index (κ3) is 13.5. The summed E-state index contributed by atoms with van der Waals surface area (Å²) >= 11 is 35.5. The van der Waals surface area contributed by atoms with Crippen molar-refractivity contribution in [2.24, 2.45) is 16.7 Å². The predicted octanol–water partition coefficient (Wildman–Crippen LogP) is 8.89. The van der Waals surface area contributed by atoms with E-state index in [1.807, 2.05) is 0 Å². The van der Waals surface area contributed by atoms with Gasteiger partial charge in [0.15, 0.2) is 17.5 Å². The lowest BCUT2D eigenvalue weighted by atomic mass is 9.44. The normalized spacial score (nSPS) is 28.4. The van der Waals surface area contributed by atoms with Crippen molar-refractivity contribution < 1.29 is 90.8 Å². The second-order valence-electron chi connectivity index (χ2n) is 20.7. The number of hydrogen-bond acceptors (Lipinski definition) is 19. The molecule has 2 N–H and O–H groups in total. The van der Waals surface area contributed by atoms with Crippen molar-refractivity contribution in [2.75, 3.05) is 19.8 Å². The number of fused-ring (bicyclic) bond motifs is 5. The topological polar surface area (TPSA) is 261 Å². The maximum Gasteiger partial charge on any atom is 0.509 e. The van der Waals surface area contributed by atoms with Crippen molar-refractivity contribution in [3.63, 3.8) is 0 Å². The number of rotatable bonds is 13. The lowest BCUT2D eigenvalue weighted by Gasteiger charge is -2.67. The van der Waals surface area contributed by atoms with Gasteiger partial charge in [-0.25, -0.2) is 24.0 Å². The summed E-state index contributed by atoms with van der Waals surface area (Å²) in [6.07, 6.45) is -16.6. The minimum atomic E-state index is -2.69. The molecule has 422 valence electrons. The molecule has 1 amide bonds. The average Bonchev–Trinajstić information content (AvgIpc) is 3.31. The number of alkyl halides is 6. The zero-order valence-corrected chi connectivity index (χ0v) is 47.5. The van der Waals surface area contributed by atoms with Crippen LogP contribution in [0.1, 0.15) is 97.1 Å². The number of aliphatic hydroxyl groups is 1. The molecule has 3 fully saturated rings. The highest BCUT2D eigenvalue weighted by molar-refractivity contribution is 6.68. The molecule has 6 rings (SSSR count). The fraction of sp³-hybridized carbons (Fsp3) is 0.569. The third-order valence-corrected chi connectivity index (χ3v) is 14.6. The van der Waals surface area contributed by atoms with E-state index in [0.717, 1.165) is 13.8 Å². The fourth-order valence-electron chi connectivity index (χ4n) is 10.6. The Morgan fingerprint density at radius 3 is 1.86 bits per heavy atom. The van der Waals surface area contributed by atoms with Crippen LogP contribution in [0.15, 0.2) is 71.8 Å². The molecule has 1 heterocycles. The number of alkyl carbamates (subject to hydrolysis) is 1. The monoisotopic (exact) mass is 1200 g/mol. The average molecular weight is 1200 g/mol. The van der Waals surface area contributed by atoms with Crippen LogP contribution in [0, 0.1) is 16.7 Å². The Balaban J connectivity index is 1.64. The Morgan fingerprint density at radius 1 is 0.792 bits per heavy atom. The molecule has 11 atom stereocenters. The van der Waals surface area contributed by atoms with Gasteiger partial charge in [-0.05, 0) is 63.5 Å². The zero-order chi connectivity index (χ0) is 57.4. The van der Waals surface area contributed by atoms with Crippen molar-refractivity contribution >= 4 is 118 Å². The van der Waals surface area contributed by atoms with Crippen LogP contribution in [0.5, 0.6) is 0 Å². The minimum Gasteiger partial charge on any atom is -0.455 e. The summed E-state index contributed by atoms with van der Waals surface area (Å²) < 4.78 is 53.9. The Hall–Kier alpha value is -4.80. The molecule has 0 radical (unpaired) electrons. The predicted molar refractivity (Wildman–Crippen MR) is 274 cm³/mol. The molecule has 0 spiro atoms. The Kier molecular flexibility index (Phi) is 18.4. The number of amides is 1. The first-order valence-electron chi connectivity index (χ1n) is 23.8. The summed E-state index contributed by atoms with van der Waals surface area (Å²) in [5.41, 5.74) is -10.4. The summed E-state index contributed by atoms with van der Waals surface area (Å²) in [7, 11) is 0. The molecule has 77 heavy (non-hydrogen) atoms. The molecule has 0 aromatic heterocycles. The van der Waals surface area contributed by atoms with E-state index >= 15 is 9.59 Å². The molecule has 2 bridgehead atoms. The van der Waals surface area contributed by atoms with Crippen LogP contribution < -0.4 is 5.32 Å². The lowest BCUT2D eigenvalue weighted by Crippen LogP contribution is -2.82. The van der Waals surface area contributed by atoms with Gasteiger partial charge in [0.05, 0.1) is 23.5 Å². The van der Waals surface area contributed by atoms with Crippen molar-refractivity contribution in [3.8, 4) is 0 Å². The standard InChI is InChI=1S/C51H57Cl6NO19/c1-25-30(72-41(63)36(71-26(2)59)34(28-16-12-10-13-17-28)58-42(64)77-45(4,5)6)21-49(67)39(75-40(62)29-18-14-11-15-19-29)37-47(9,38(61)35(33(25)46(49,7)8)74-44(66)70-24-51(55,56)57)31(73-43(65)69-23-50(52,53)54)20-32-48(37,22-68-32)76-27(3)60/h10-19,30-32,34-37,39,67H,20-24H2,1-9H3,(H,58,64)/t30-,31-,32+,34-,35+,36+,37-,39-,47+,48-,49+/m0/s1. The number of benzene rings is 2. The number of ether oxygens (including phenoxy) is 10. The quantitative estimate of drug-likeness (QED) is 0.0820. The van der Waals surface area contributed by atoms with Gasteiger partial charge < -0.3 is 57.8 Å². The van der Waals surface area contributed by atoms with E-state index in [2.05, 4.69) is 5.32 Å². The molecule has 2 aromatic rings. The van der Waals surface area contributed by atoms with Crippen LogP contribution >= 0.6 is 69.6 Å². The third-order valence-electron chi connectivity index (χ3n) is 13.9. The molecule has 4 aliphatic rings. The number of ketones is 1. The van der Waals surface area contributed by atoms with E-state index < -0.39 is 165 Å². The van der Waals surface area contributed by atoms with E-state index in [4.69, 9.17) is 117 Å². The van der Waals surface area contributed by atoms with Crippen LogP contribution in [-0.4, -0.2) is 134 Å². The summed E-state index contributed by atoms with van der Waals surface area (Å²) in [6, 6.07) is 13.8. The van der Waals surface area contributed by atoms with E-state index in [-0.39, 0.29) is 22.3 Å². The molecule has 20 nitrogen and oxygen atoms in total. The van der Waals surface area contributed by atoms with Gasteiger partial charge in [-0.1, -0.05) is 132 Å². The Morgan fingerprint density at radius 2 is 1.35 bits per heavy atom.